The summed E-state index contributed by atoms with van der Waals surface area (Å²) in [5, 5.41) is 0. The number of hydrogen-bond donors (Lipinski definition) is 1. The van der Waals surface area contributed by atoms with Crippen molar-refractivity contribution >= 4 is 11.5 Å². The van der Waals surface area contributed by atoms with Crippen LogP contribution in [-0.2, 0) is 5.41 Å². The van der Waals surface area contributed by atoms with E-state index in [2.05, 4.69) is 17.4 Å². The number of nitrogens with two attached hydrogens (primary N) is 1. The summed E-state index contributed by atoms with van der Waals surface area (Å²) in [6, 6.07) is 2.22. The molecule has 0 aromatic carbocycles. The molecule has 2 N–H and O–H groups in total. The fourth-order valence-corrected chi connectivity index (χ4v) is 2.68. The Hall–Kier alpha value is -0.410. The molecule has 2 nitrogen and oxygen atoms in total. The van der Waals surface area contributed by atoms with Crippen molar-refractivity contribution < 1.29 is 0 Å². The van der Waals surface area contributed by atoms with E-state index >= 15 is 0 Å². The predicted octanol–water partition coefficient (Wildman–Crippen LogP) is 1.83. The molecule has 0 bridgehead atoms. The Morgan fingerprint density at radius 1 is 1.67 bits per heavy atom. The van der Waals surface area contributed by atoms with Crippen LogP contribution in [0, 0.1) is 6.92 Å². The highest BCUT2D eigenvalue weighted by molar-refractivity contribution is 7.06. The van der Waals surface area contributed by atoms with Crippen molar-refractivity contribution in [2.45, 2.75) is 31.6 Å². The Morgan fingerprint density at radius 3 is 2.83 bits per heavy atom. The van der Waals surface area contributed by atoms with Gasteiger partial charge in [0.25, 0.3) is 0 Å². The van der Waals surface area contributed by atoms with E-state index in [0.29, 0.717) is 5.41 Å². The highest BCUT2D eigenvalue weighted by atomic mass is 32.1. The summed E-state index contributed by atoms with van der Waals surface area (Å²) >= 11 is 1.65. The Morgan fingerprint density at radius 2 is 2.42 bits per heavy atom. The van der Waals surface area contributed by atoms with Gasteiger partial charge in [-0.15, -0.1) is 0 Å². The standard InChI is InChI=1S/C9H14N2S/c1-7-6-8(12-11-7)9(2-3-9)4-5-10/h6H,2-5,10H2,1H3. The highest BCUT2D eigenvalue weighted by Crippen LogP contribution is 2.52. The van der Waals surface area contributed by atoms with Crippen molar-refractivity contribution in [3.63, 3.8) is 0 Å². The lowest BCUT2D eigenvalue weighted by atomic mass is 10.0. The second kappa shape index (κ2) is 2.82. The van der Waals surface area contributed by atoms with E-state index in [1.807, 2.05) is 0 Å². The third kappa shape index (κ3) is 1.27. The van der Waals surface area contributed by atoms with Gasteiger partial charge in [-0.3, -0.25) is 0 Å². The lowest BCUT2D eigenvalue weighted by Crippen LogP contribution is -2.11. The van der Waals surface area contributed by atoms with Crippen LogP contribution in [0.5, 0.6) is 0 Å². The van der Waals surface area contributed by atoms with Crippen LogP contribution in [0.1, 0.15) is 29.8 Å². The van der Waals surface area contributed by atoms with Crippen molar-refractivity contribution in [1.82, 2.24) is 4.37 Å². The van der Waals surface area contributed by atoms with Crippen LogP contribution in [-0.4, -0.2) is 10.9 Å². The zero-order chi connectivity index (χ0) is 8.60. The van der Waals surface area contributed by atoms with Gasteiger partial charge in [-0.25, -0.2) is 0 Å². The van der Waals surface area contributed by atoms with Gasteiger partial charge < -0.3 is 5.73 Å². The number of nitrogens with zero attached hydrogens (tertiary/aromatic N) is 1. The molecular weight excluding hydrogens is 168 g/mol. The second-order valence-corrected chi connectivity index (χ2v) is 4.46. The second-order valence-electron chi connectivity index (χ2n) is 3.65. The first-order chi connectivity index (χ1) is 5.77. The molecule has 1 fully saturated rings. The maximum Gasteiger partial charge on any atom is 0.0514 e. The molecule has 1 heterocycles. The van der Waals surface area contributed by atoms with Crippen LogP contribution in [0.2, 0.25) is 0 Å². The summed E-state index contributed by atoms with van der Waals surface area (Å²) < 4.78 is 4.31. The Labute approximate surface area is 77.0 Å². The third-order valence-electron chi connectivity index (χ3n) is 2.63. The molecule has 12 heavy (non-hydrogen) atoms. The SMILES string of the molecule is Cc1cc(C2(CCN)CC2)sn1. The molecule has 1 aliphatic rings. The summed E-state index contributed by atoms with van der Waals surface area (Å²) in [4.78, 5) is 1.45. The zero-order valence-electron chi connectivity index (χ0n) is 7.34. The van der Waals surface area contributed by atoms with E-state index in [9.17, 15) is 0 Å². The molecule has 1 aromatic rings. The summed E-state index contributed by atoms with van der Waals surface area (Å²) in [6.45, 7) is 2.86. The van der Waals surface area contributed by atoms with Crippen LogP contribution in [0.15, 0.2) is 6.07 Å². The van der Waals surface area contributed by atoms with Crippen molar-refractivity contribution in [2.75, 3.05) is 6.54 Å². The molecule has 0 unspecified atom stereocenters. The van der Waals surface area contributed by atoms with Crippen LogP contribution in [0.3, 0.4) is 0 Å². The molecule has 0 amide bonds. The first-order valence-corrected chi connectivity index (χ1v) is 5.18. The highest BCUT2D eigenvalue weighted by Gasteiger charge is 2.44. The molecule has 0 atom stereocenters. The first-order valence-electron chi connectivity index (χ1n) is 4.41. The van der Waals surface area contributed by atoms with Gasteiger partial charge in [0.2, 0.25) is 0 Å². The van der Waals surface area contributed by atoms with E-state index in [1.165, 1.54) is 17.7 Å². The molecule has 66 valence electrons. The molecule has 2 rings (SSSR count). The molecule has 0 radical (unpaired) electrons. The fourth-order valence-electron chi connectivity index (χ4n) is 1.66. The average Bonchev–Trinajstić information content (AvgIpc) is 2.69. The lowest BCUT2D eigenvalue weighted by molar-refractivity contribution is 0.640. The predicted molar refractivity (Wildman–Crippen MR) is 51.4 cm³/mol. The Bertz CT molecular complexity index is 276. The molecule has 0 spiro atoms. The van der Waals surface area contributed by atoms with Gasteiger partial charge in [0.15, 0.2) is 0 Å². The molecule has 1 saturated carbocycles. The van der Waals surface area contributed by atoms with E-state index in [0.717, 1.165) is 18.7 Å². The minimum Gasteiger partial charge on any atom is -0.330 e. The summed E-state index contributed by atoms with van der Waals surface area (Å²) in [5.41, 5.74) is 7.18. The molecule has 1 aromatic heterocycles. The van der Waals surface area contributed by atoms with Gasteiger partial charge in [0, 0.05) is 10.3 Å². The van der Waals surface area contributed by atoms with Gasteiger partial charge in [-0.2, -0.15) is 4.37 Å². The maximum atomic E-state index is 5.58. The minimum atomic E-state index is 0.445. The first kappa shape index (κ1) is 8.20. The Balaban J connectivity index is 2.18. The van der Waals surface area contributed by atoms with Gasteiger partial charge >= 0.3 is 0 Å². The van der Waals surface area contributed by atoms with Crippen molar-refractivity contribution in [1.29, 1.82) is 0 Å². The lowest BCUT2D eigenvalue weighted by Gasteiger charge is -2.09. The number of rotatable bonds is 3. The molecule has 0 aliphatic heterocycles. The van der Waals surface area contributed by atoms with Gasteiger partial charge in [0.05, 0.1) is 5.69 Å². The number of aryl methyl sites for hydroxylation is 1. The van der Waals surface area contributed by atoms with E-state index in [-0.39, 0.29) is 0 Å². The molecule has 3 heteroatoms. The maximum absolute atomic E-state index is 5.58. The average molecular weight is 182 g/mol. The summed E-state index contributed by atoms with van der Waals surface area (Å²) in [5.74, 6) is 0. The molecular formula is C9H14N2S. The van der Waals surface area contributed by atoms with Crippen LogP contribution in [0.25, 0.3) is 0 Å². The van der Waals surface area contributed by atoms with Crippen LogP contribution in [0.4, 0.5) is 0 Å². The van der Waals surface area contributed by atoms with E-state index in [4.69, 9.17) is 5.73 Å². The third-order valence-corrected chi connectivity index (χ3v) is 3.75. The van der Waals surface area contributed by atoms with Crippen LogP contribution >= 0.6 is 11.5 Å². The van der Waals surface area contributed by atoms with Gasteiger partial charge in [-0.1, -0.05) is 0 Å². The van der Waals surface area contributed by atoms with E-state index in [1.54, 1.807) is 11.5 Å². The van der Waals surface area contributed by atoms with Crippen LogP contribution < -0.4 is 5.73 Å². The van der Waals surface area contributed by atoms with E-state index < -0.39 is 0 Å². The Kier molecular flexibility index (Phi) is 1.93. The normalized spacial score (nSPS) is 19.5. The number of aromatic nitrogens is 1. The molecule has 1 aliphatic carbocycles. The minimum absolute atomic E-state index is 0.445. The quantitative estimate of drug-likeness (QED) is 0.774. The summed E-state index contributed by atoms with van der Waals surface area (Å²) in [6.07, 6.45) is 3.76. The monoisotopic (exact) mass is 182 g/mol. The van der Waals surface area contributed by atoms with Crippen molar-refractivity contribution in [3.05, 3.63) is 16.6 Å². The smallest absolute Gasteiger partial charge is 0.0514 e. The van der Waals surface area contributed by atoms with Crippen molar-refractivity contribution in [3.8, 4) is 0 Å². The summed E-state index contributed by atoms with van der Waals surface area (Å²) in [7, 11) is 0. The fraction of sp³-hybridized carbons (Fsp3) is 0.667. The van der Waals surface area contributed by atoms with Gasteiger partial charge in [-0.05, 0) is 50.3 Å². The molecule has 0 saturated heterocycles. The van der Waals surface area contributed by atoms with Gasteiger partial charge in [0.1, 0.15) is 0 Å². The topological polar surface area (TPSA) is 38.9 Å². The largest absolute Gasteiger partial charge is 0.330 e. The zero-order valence-corrected chi connectivity index (χ0v) is 8.16. The number of hydrogen-bond acceptors (Lipinski definition) is 3. The van der Waals surface area contributed by atoms with Crippen molar-refractivity contribution in [2.24, 2.45) is 5.73 Å².